The maximum atomic E-state index is 11.9. The van der Waals surface area contributed by atoms with Gasteiger partial charge >= 0.3 is 23.9 Å². The Morgan fingerprint density at radius 3 is 1.32 bits per heavy atom. The number of esters is 4. The number of carbonyl (C=O) groups is 4. The molecule has 0 saturated carbocycles. The maximum absolute atomic E-state index is 11.9. The monoisotopic (exact) mass is 480 g/mol. The number of carbonyl (C=O) groups excluding carboxylic acids is 4. The molecule has 1 rings (SSSR count). The topological polar surface area (TPSA) is 105 Å². The van der Waals surface area contributed by atoms with Gasteiger partial charge in [0.25, 0.3) is 0 Å². The van der Waals surface area contributed by atoms with E-state index in [9.17, 15) is 19.2 Å². The zero-order chi connectivity index (χ0) is 26.6. The molecule has 0 aromatic heterocycles. The van der Waals surface area contributed by atoms with E-state index in [0.29, 0.717) is 12.8 Å². The molecule has 0 spiro atoms. The highest BCUT2D eigenvalue weighted by molar-refractivity contribution is 6.01. The Labute approximate surface area is 203 Å². The van der Waals surface area contributed by atoms with Crippen LogP contribution >= 0.6 is 0 Å². The number of allylic oxidation sites excluding steroid dienone is 4. The van der Waals surface area contributed by atoms with Gasteiger partial charge in [0.1, 0.15) is 0 Å². The van der Waals surface area contributed by atoms with E-state index in [1.165, 1.54) is 12.2 Å². The molecule has 0 radical (unpaired) electrons. The molecule has 34 heavy (non-hydrogen) atoms. The van der Waals surface area contributed by atoms with Gasteiger partial charge < -0.3 is 18.9 Å². The van der Waals surface area contributed by atoms with Crippen molar-refractivity contribution in [3.8, 4) is 0 Å². The van der Waals surface area contributed by atoms with Gasteiger partial charge in [0.15, 0.2) is 10.8 Å². The summed E-state index contributed by atoms with van der Waals surface area (Å²) in [6.45, 7) is 20.9. The molecule has 1 aliphatic rings. The lowest BCUT2D eigenvalue weighted by Crippen LogP contribution is -2.41. The second-order valence-corrected chi connectivity index (χ2v) is 6.91. The van der Waals surface area contributed by atoms with Crippen LogP contribution in [0.15, 0.2) is 50.6 Å². The minimum atomic E-state index is -1.34. The second kappa shape index (κ2) is 18.3. The Morgan fingerprint density at radius 2 is 1.06 bits per heavy atom. The van der Waals surface area contributed by atoms with Gasteiger partial charge in [0, 0.05) is 0 Å². The smallest absolute Gasteiger partial charge is 0.324 e. The first-order valence-electron chi connectivity index (χ1n) is 11.3. The summed E-state index contributed by atoms with van der Waals surface area (Å²) in [6, 6.07) is 0. The predicted molar refractivity (Wildman–Crippen MR) is 131 cm³/mol. The minimum absolute atomic E-state index is 0.177. The molecule has 0 bridgehead atoms. The molecule has 8 heteroatoms. The summed E-state index contributed by atoms with van der Waals surface area (Å²) in [5.74, 6) is -2.13. The molecule has 0 aromatic carbocycles. The van der Waals surface area contributed by atoms with Crippen molar-refractivity contribution in [1.82, 2.24) is 0 Å². The quantitative estimate of drug-likeness (QED) is 0.174. The van der Waals surface area contributed by atoms with E-state index in [4.69, 9.17) is 18.9 Å². The number of hydrogen-bond donors (Lipinski definition) is 0. The summed E-state index contributed by atoms with van der Waals surface area (Å²) in [5.41, 5.74) is -2.46. The van der Waals surface area contributed by atoms with E-state index in [-0.39, 0.29) is 39.3 Å². The summed E-state index contributed by atoms with van der Waals surface area (Å²) in [5, 5.41) is 0. The standard InChI is InChI=1S/C13H20O4.C11H16O4.C2H4/c1-5-9-13(10-6-2,11(14)16-7-3)12(15)17-8-4;1-3-14-9(12)11(7-5-6-8-11)10(13)15-4-2;1-2/h5-6H,1-2,7-10H2,3-4H3;5-6H,3-4,7-8H2,1-2H3;1-2H2. The average molecular weight is 481 g/mol. The van der Waals surface area contributed by atoms with E-state index >= 15 is 0 Å². The van der Waals surface area contributed by atoms with Gasteiger partial charge in [-0.3, -0.25) is 19.2 Å². The summed E-state index contributed by atoms with van der Waals surface area (Å²) in [7, 11) is 0. The number of hydrogen-bond acceptors (Lipinski definition) is 8. The van der Waals surface area contributed by atoms with E-state index in [0.717, 1.165) is 0 Å². The molecular weight excluding hydrogens is 440 g/mol. The molecule has 0 unspecified atom stereocenters. The van der Waals surface area contributed by atoms with Gasteiger partial charge in [-0.1, -0.05) is 24.3 Å². The SMILES string of the molecule is C=C.C=CCC(CC=C)(C(=O)OCC)C(=O)OCC.CCOC(=O)C1(C(=O)OCC)CC=CC1. The molecular formula is C26H40O8. The first-order valence-corrected chi connectivity index (χ1v) is 11.3. The first-order chi connectivity index (χ1) is 16.3. The van der Waals surface area contributed by atoms with Crippen molar-refractivity contribution in [1.29, 1.82) is 0 Å². The van der Waals surface area contributed by atoms with Crippen LogP contribution in [0.25, 0.3) is 0 Å². The lowest BCUT2D eigenvalue weighted by Gasteiger charge is -2.26. The Kier molecular flexibility index (Phi) is 17.8. The molecule has 8 nitrogen and oxygen atoms in total. The summed E-state index contributed by atoms with van der Waals surface area (Å²) in [4.78, 5) is 47.3. The van der Waals surface area contributed by atoms with Crippen LogP contribution in [0.1, 0.15) is 53.4 Å². The van der Waals surface area contributed by atoms with Crippen LogP contribution in [0, 0.1) is 10.8 Å². The summed E-state index contributed by atoms with van der Waals surface area (Å²) in [6.07, 6.45) is 7.76. The Balaban J connectivity index is 0. The lowest BCUT2D eigenvalue weighted by molar-refractivity contribution is -0.173. The van der Waals surface area contributed by atoms with Crippen LogP contribution in [-0.4, -0.2) is 50.3 Å². The van der Waals surface area contributed by atoms with E-state index in [2.05, 4.69) is 26.3 Å². The van der Waals surface area contributed by atoms with Crippen LogP contribution in [0.2, 0.25) is 0 Å². The van der Waals surface area contributed by atoms with E-state index < -0.39 is 34.7 Å². The molecule has 192 valence electrons. The van der Waals surface area contributed by atoms with Gasteiger partial charge in [0.05, 0.1) is 26.4 Å². The Hall–Kier alpha value is -3.16. The normalized spacial score (nSPS) is 13.1. The maximum Gasteiger partial charge on any atom is 0.324 e. The average Bonchev–Trinajstić information content (AvgIpc) is 3.33. The van der Waals surface area contributed by atoms with Crippen LogP contribution < -0.4 is 0 Å². The van der Waals surface area contributed by atoms with Gasteiger partial charge in [-0.25, -0.2) is 0 Å². The zero-order valence-electron chi connectivity index (χ0n) is 21.1. The molecule has 0 saturated heterocycles. The Morgan fingerprint density at radius 1 is 0.735 bits per heavy atom. The molecule has 0 amide bonds. The minimum Gasteiger partial charge on any atom is -0.465 e. The fourth-order valence-electron chi connectivity index (χ4n) is 3.14. The van der Waals surface area contributed by atoms with Crippen molar-refractivity contribution in [3.63, 3.8) is 0 Å². The molecule has 0 fully saturated rings. The first kappa shape index (κ1) is 33.0. The highest BCUT2D eigenvalue weighted by atomic mass is 16.6. The van der Waals surface area contributed by atoms with E-state index in [1.807, 2.05) is 12.2 Å². The lowest BCUT2D eigenvalue weighted by atomic mass is 9.81. The highest BCUT2D eigenvalue weighted by Gasteiger charge is 2.49. The van der Waals surface area contributed by atoms with Crippen molar-refractivity contribution >= 4 is 23.9 Å². The fourth-order valence-corrected chi connectivity index (χ4v) is 3.14. The van der Waals surface area contributed by atoms with Crippen molar-refractivity contribution in [2.24, 2.45) is 10.8 Å². The van der Waals surface area contributed by atoms with Crippen molar-refractivity contribution in [2.75, 3.05) is 26.4 Å². The van der Waals surface area contributed by atoms with Crippen LogP contribution in [0.3, 0.4) is 0 Å². The van der Waals surface area contributed by atoms with Crippen molar-refractivity contribution < 1.29 is 38.1 Å². The third-order valence-electron chi connectivity index (χ3n) is 4.75. The van der Waals surface area contributed by atoms with Gasteiger partial charge in [-0.05, 0) is 53.4 Å². The third-order valence-corrected chi connectivity index (χ3v) is 4.75. The number of ether oxygens (including phenoxy) is 4. The van der Waals surface area contributed by atoms with Crippen LogP contribution in [0.5, 0.6) is 0 Å². The van der Waals surface area contributed by atoms with Crippen molar-refractivity contribution in [2.45, 2.75) is 53.4 Å². The molecule has 0 aromatic rings. The molecule has 0 heterocycles. The van der Waals surface area contributed by atoms with Gasteiger partial charge in [-0.2, -0.15) is 0 Å². The predicted octanol–water partition coefficient (Wildman–Crippen LogP) is 4.50. The summed E-state index contributed by atoms with van der Waals surface area (Å²) < 4.78 is 19.7. The van der Waals surface area contributed by atoms with Gasteiger partial charge in [-0.15, -0.1) is 26.3 Å². The van der Waals surface area contributed by atoms with Gasteiger partial charge in [0.2, 0.25) is 0 Å². The molecule has 1 aliphatic carbocycles. The summed E-state index contributed by atoms with van der Waals surface area (Å²) >= 11 is 0. The van der Waals surface area contributed by atoms with Crippen LogP contribution in [-0.2, 0) is 38.1 Å². The molecule has 0 N–H and O–H groups in total. The second-order valence-electron chi connectivity index (χ2n) is 6.91. The highest BCUT2D eigenvalue weighted by Crippen LogP contribution is 2.36. The van der Waals surface area contributed by atoms with Crippen molar-refractivity contribution in [3.05, 3.63) is 50.6 Å². The zero-order valence-corrected chi connectivity index (χ0v) is 21.1. The molecule has 0 atom stereocenters. The number of rotatable bonds is 12. The molecule has 0 aliphatic heterocycles. The Bertz CT molecular complexity index is 650. The van der Waals surface area contributed by atoms with Crippen LogP contribution in [0.4, 0.5) is 0 Å². The third kappa shape index (κ3) is 9.00. The largest absolute Gasteiger partial charge is 0.465 e. The van der Waals surface area contributed by atoms with E-state index in [1.54, 1.807) is 27.7 Å². The fraction of sp³-hybridized carbons (Fsp3) is 0.538.